The molecule has 0 amide bonds. The minimum Gasteiger partial charge on any atom is -0.392 e. The van der Waals surface area contributed by atoms with Crippen molar-refractivity contribution in [2.45, 2.75) is 38.0 Å². The zero-order chi connectivity index (χ0) is 12.8. The van der Waals surface area contributed by atoms with Crippen molar-refractivity contribution in [3.05, 3.63) is 33.8 Å². The van der Waals surface area contributed by atoms with Crippen LogP contribution in [-0.2, 0) is 6.42 Å². The Morgan fingerprint density at radius 2 is 1.88 bits per heavy atom. The Kier molecular flexibility index (Phi) is 6.71. The largest absolute Gasteiger partial charge is 0.392 e. The predicted octanol–water partition coefficient (Wildman–Crippen LogP) is 4.43. The second kappa shape index (κ2) is 7.52. The standard InChI is InChI=1S/C13H18Cl2OS/c1-3-9(2)17-8-10(16)7-11-12(14)5-4-6-13(11)15/h4-6,9-10,16H,3,7-8H2,1-2H3. The molecule has 0 aliphatic heterocycles. The number of benzene rings is 1. The summed E-state index contributed by atoms with van der Waals surface area (Å²) in [7, 11) is 0. The van der Waals surface area contributed by atoms with E-state index < -0.39 is 6.10 Å². The maximum absolute atomic E-state index is 9.96. The summed E-state index contributed by atoms with van der Waals surface area (Å²) < 4.78 is 0. The molecule has 96 valence electrons. The van der Waals surface area contributed by atoms with E-state index in [4.69, 9.17) is 23.2 Å². The van der Waals surface area contributed by atoms with Crippen LogP contribution >= 0.6 is 35.0 Å². The molecular formula is C13H18Cl2OS. The van der Waals surface area contributed by atoms with Gasteiger partial charge in [-0.15, -0.1) is 0 Å². The monoisotopic (exact) mass is 292 g/mol. The van der Waals surface area contributed by atoms with E-state index in [-0.39, 0.29) is 0 Å². The zero-order valence-electron chi connectivity index (χ0n) is 10.1. The van der Waals surface area contributed by atoms with Crippen molar-refractivity contribution in [2.75, 3.05) is 5.75 Å². The summed E-state index contributed by atoms with van der Waals surface area (Å²) in [5.74, 6) is 0.719. The molecule has 0 heterocycles. The number of aliphatic hydroxyl groups excluding tert-OH is 1. The van der Waals surface area contributed by atoms with Gasteiger partial charge in [-0.2, -0.15) is 11.8 Å². The van der Waals surface area contributed by atoms with Gasteiger partial charge in [0.25, 0.3) is 0 Å². The first-order chi connectivity index (χ1) is 8.04. The van der Waals surface area contributed by atoms with Crippen LogP contribution in [0.2, 0.25) is 10.0 Å². The highest BCUT2D eigenvalue weighted by atomic mass is 35.5. The van der Waals surface area contributed by atoms with Crippen LogP contribution in [0, 0.1) is 0 Å². The first-order valence-corrected chi connectivity index (χ1v) is 7.57. The number of hydrogen-bond donors (Lipinski definition) is 1. The van der Waals surface area contributed by atoms with E-state index in [0.29, 0.717) is 21.7 Å². The van der Waals surface area contributed by atoms with Crippen LogP contribution in [0.15, 0.2) is 18.2 Å². The fraction of sp³-hybridized carbons (Fsp3) is 0.538. The van der Waals surface area contributed by atoms with Crippen molar-refractivity contribution in [1.29, 1.82) is 0 Å². The molecule has 0 fully saturated rings. The van der Waals surface area contributed by atoms with E-state index in [1.165, 1.54) is 0 Å². The van der Waals surface area contributed by atoms with Gasteiger partial charge in [-0.25, -0.2) is 0 Å². The van der Waals surface area contributed by atoms with E-state index in [9.17, 15) is 5.11 Å². The van der Waals surface area contributed by atoms with Gasteiger partial charge >= 0.3 is 0 Å². The predicted molar refractivity (Wildman–Crippen MR) is 78.4 cm³/mol. The smallest absolute Gasteiger partial charge is 0.0672 e. The van der Waals surface area contributed by atoms with Gasteiger partial charge < -0.3 is 5.11 Å². The van der Waals surface area contributed by atoms with Crippen molar-refractivity contribution in [3.8, 4) is 0 Å². The third kappa shape index (κ3) is 5.09. The zero-order valence-corrected chi connectivity index (χ0v) is 12.4. The van der Waals surface area contributed by atoms with E-state index in [2.05, 4.69) is 13.8 Å². The molecule has 0 saturated carbocycles. The van der Waals surface area contributed by atoms with Crippen LogP contribution in [0.25, 0.3) is 0 Å². The molecule has 0 aliphatic rings. The maximum atomic E-state index is 9.96. The molecule has 1 nitrogen and oxygen atoms in total. The number of thioether (sulfide) groups is 1. The molecule has 2 atom stereocenters. The minimum absolute atomic E-state index is 0.397. The fourth-order valence-electron chi connectivity index (χ4n) is 1.42. The summed E-state index contributed by atoms with van der Waals surface area (Å²) in [6.45, 7) is 4.31. The summed E-state index contributed by atoms with van der Waals surface area (Å²) in [6, 6.07) is 5.42. The number of halogens is 2. The molecule has 1 aromatic rings. The molecular weight excluding hydrogens is 275 g/mol. The van der Waals surface area contributed by atoms with Gasteiger partial charge in [0.2, 0.25) is 0 Å². The van der Waals surface area contributed by atoms with Crippen molar-refractivity contribution in [2.24, 2.45) is 0 Å². The van der Waals surface area contributed by atoms with Gasteiger partial charge in [0, 0.05) is 27.5 Å². The third-order valence-corrected chi connectivity index (χ3v) is 4.84. The second-order valence-electron chi connectivity index (χ2n) is 4.11. The normalized spacial score (nSPS) is 14.6. The molecule has 0 bridgehead atoms. The summed E-state index contributed by atoms with van der Waals surface area (Å²) in [5, 5.41) is 11.8. The third-order valence-electron chi connectivity index (χ3n) is 2.65. The van der Waals surface area contributed by atoms with Gasteiger partial charge in [-0.3, -0.25) is 0 Å². The average Bonchev–Trinajstić information content (AvgIpc) is 2.31. The first-order valence-electron chi connectivity index (χ1n) is 5.77. The lowest BCUT2D eigenvalue weighted by molar-refractivity contribution is 0.200. The van der Waals surface area contributed by atoms with E-state index in [0.717, 1.165) is 17.7 Å². The summed E-state index contributed by atoms with van der Waals surface area (Å²) in [4.78, 5) is 0. The summed E-state index contributed by atoms with van der Waals surface area (Å²) in [6.07, 6.45) is 1.23. The lowest BCUT2D eigenvalue weighted by atomic mass is 10.1. The molecule has 0 spiro atoms. The fourth-order valence-corrected chi connectivity index (χ4v) is 2.87. The van der Waals surface area contributed by atoms with E-state index in [1.54, 1.807) is 23.9 Å². The van der Waals surface area contributed by atoms with E-state index >= 15 is 0 Å². The van der Waals surface area contributed by atoms with Crippen LogP contribution in [0.3, 0.4) is 0 Å². The Labute approximate surface area is 118 Å². The van der Waals surface area contributed by atoms with Crippen LogP contribution in [0.5, 0.6) is 0 Å². The maximum Gasteiger partial charge on any atom is 0.0672 e. The lowest BCUT2D eigenvalue weighted by Gasteiger charge is -2.15. The highest BCUT2D eigenvalue weighted by Gasteiger charge is 2.12. The van der Waals surface area contributed by atoms with Crippen molar-refractivity contribution in [1.82, 2.24) is 0 Å². The SMILES string of the molecule is CCC(C)SCC(O)Cc1c(Cl)cccc1Cl. The molecule has 2 unspecified atom stereocenters. The molecule has 0 aromatic heterocycles. The summed E-state index contributed by atoms with van der Waals surface area (Å²) >= 11 is 13.9. The quantitative estimate of drug-likeness (QED) is 0.837. The Hall–Kier alpha value is 0.110. The van der Waals surface area contributed by atoms with Crippen LogP contribution in [0.4, 0.5) is 0 Å². The van der Waals surface area contributed by atoms with Crippen molar-refractivity contribution >= 4 is 35.0 Å². The highest BCUT2D eigenvalue weighted by Crippen LogP contribution is 2.26. The second-order valence-corrected chi connectivity index (χ2v) is 6.40. The molecule has 0 aliphatic carbocycles. The summed E-state index contributed by atoms with van der Waals surface area (Å²) in [5.41, 5.74) is 0.841. The molecule has 1 rings (SSSR count). The van der Waals surface area contributed by atoms with Crippen molar-refractivity contribution in [3.63, 3.8) is 0 Å². The van der Waals surface area contributed by atoms with Gasteiger partial charge in [0.1, 0.15) is 0 Å². The Balaban J connectivity index is 2.53. The average molecular weight is 293 g/mol. The Morgan fingerprint density at radius 3 is 2.41 bits per heavy atom. The van der Waals surface area contributed by atoms with E-state index in [1.807, 2.05) is 6.07 Å². The van der Waals surface area contributed by atoms with Crippen LogP contribution in [0.1, 0.15) is 25.8 Å². The van der Waals surface area contributed by atoms with Gasteiger partial charge in [-0.1, -0.05) is 43.1 Å². The van der Waals surface area contributed by atoms with Crippen molar-refractivity contribution < 1.29 is 5.11 Å². The van der Waals surface area contributed by atoms with Gasteiger partial charge in [0.15, 0.2) is 0 Å². The molecule has 1 aromatic carbocycles. The number of hydrogen-bond acceptors (Lipinski definition) is 2. The first kappa shape index (κ1) is 15.2. The molecule has 4 heteroatoms. The molecule has 17 heavy (non-hydrogen) atoms. The molecule has 0 radical (unpaired) electrons. The number of aliphatic hydroxyl groups is 1. The lowest BCUT2D eigenvalue weighted by Crippen LogP contribution is -2.16. The minimum atomic E-state index is -0.397. The van der Waals surface area contributed by atoms with Crippen LogP contribution < -0.4 is 0 Å². The molecule has 0 saturated heterocycles. The topological polar surface area (TPSA) is 20.2 Å². The van der Waals surface area contributed by atoms with Gasteiger partial charge in [0.05, 0.1) is 6.10 Å². The Morgan fingerprint density at radius 1 is 1.29 bits per heavy atom. The Bertz CT molecular complexity index is 337. The van der Waals surface area contributed by atoms with Gasteiger partial charge in [-0.05, 0) is 24.1 Å². The number of rotatable bonds is 6. The highest BCUT2D eigenvalue weighted by molar-refractivity contribution is 7.99. The molecule has 1 N–H and O–H groups in total. The van der Waals surface area contributed by atoms with Crippen LogP contribution in [-0.4, -0.2) is 22.2 Å².